The molecule has 86 valence electrons. The van der Waals surface area contributed by atoms with Gasteiger partial charge < -0.3 is 5.73 Å². The molecule has 0 saturated carbocycles. The van der Waals surface area contributed by atoms with Crippen LogP contribution in [0.4, 0.5) is 18.9 Å². The van der Waals surface area contributed by atoms with Crippen molar-refractivity contribution in [2.45, 2.75) is 25.9 Å². The van der Waals surface area contributed by atoms with E-state index in [0.717, 1.165) is 17.7 Å². The number of nitrogens with two attached hydrogens (primary N) is 1. The van der Waals surface area contributed by atoms with E-state index < -0.39 is 11.7 Å². The lowest BCUT2D eigenvalue weighted by Gasteiger charge is -2.12. The Morgan fingerprint density at radius 1 is 1.20 bits per heavy atom. The Bertz CT molecular complexity index is 334. The average molecular weight is 240 g/mol. The molecule has 0 aliphatic heterocycles. The molecule has 1 aromatic carbocycles. The number of rotatable bonds is 1. The van der Waals surface area contributed by atoms with E-state index in [2.05, 4.69) is 0 Å². The fourth-order valence-corrected chi connectivity index (χ4v) is 1.28. The minimum atomic E-state index is -4.32. The van der Waals surface area contributed by atoms with E-state index in [4.69, 9.17) is 5.73 Å². The zero-order valence-corrected chi connectivity index (χ0v) is 9.25. The predicted molar refractivity (Wildman–Crippen MR) is 57.2 cm³/mol. The molecule has 0 aliphatic carbocycles. The normalized spacial score (nSPS) is 11.3. The van der Waals surface area contributed by atoms with Crippen LogP contribution in [0.5, 0.6) is 0 Å². The fourth-order valence-electron chi connectivity index (χ4n) is 1.28. The van der Waals surface area contributed by atoms with Crippen molar-refractivity contribution in [1.29, 1.82) is 0 Å². The smallest absolute Gasteiger partial charge is 0.398 e. The topological polar surface area (TPSA) is 26.0 Å². The molecule has 2 N–H and O–H groups in total. The Labute approximate surface area is 92.9 Å². The second-order valence-electron chi connectivity index (χ2n) is 3.50. The van der Waals surface area contributed by atoms with Crippen molar-refractivity contribution in [3.63, 3.8) is 0 Å². The first kappa shape index (κ1) is 14.1. The first-order valence-electron chi connectivity index (χ1n) is 4.29. The number of nitrogen functional groups attached to an aromatic ring is 1. The van der Waals surface area contributed by atoms with Gasteiger partial charge in [0.2, 0.25) is 0 Å². The van der Waals surface area contributed by atoms with Gasteiger partial charge in [-0.1, -0.05) is 19.9 Å². The summed E-state index contributed by atoms with van der Waals surface area (Å²) in [5.41, 5.74) is 5.78. The zero-order chi connectivity index (χ0) is 10.9. The molecule has 1 aromatic rings. The Kier molecular flexibility index (Phi) is 4.46. The molecule has 1 nitrogen and oxygen atoms in total. The van der Waals surface area contributed by atoms with Gasteiger partial charge in [-0.25, -0.2) is 0 Å². The second kappa shape index (κ2) is 4.75. The van der Waals surface area contributed by atoms with E-state index in [1.165, 1.54) is 6.07 Å². The summed E-state index contributed by atoms with van der Waals surface area (Å²) in [5.74, 6) is 0.136. The lowest BCUT2D eigenvalue weighted by Crippen LogP contribution is -2.07. The molecule has 0 amide bonds. The first-order valence-corrected chi connectivity index (χ1v) is 4.29. The van der Waals surface area contributed by atoms with Crippen LogP contribution in [0.2, 0.25) is 0 Å². The third-order valence-electron chi connectivity index (χ3n) is 2.04. The van der Waals surface area contributed by atoms with Crippen LogP contribution in [0.3, 0.4) is 0 Å². The highest BCUT2D eigenvalue weighted by Gasteiger charge is 2.30. The van der Waals surface area contributed by atoms with Crippen molar-refractivity contribution in [3.8, 4) is 0 Å². The van der Waals surface area contributed by atoms with Gasteiger partial charge in [0.25, 0.3) is 0 Å². The molecule has 0 aliphatic rings. The van der Waals surface area contributed by atoms with Gasteiger partial charge >= 0.3 is 6.18 Å². The predicted octanol–water partition coefficient (Wildman–Crippen LogP) is 3.83. The molecule has 0 unspecified atom stereocenters. The van der Waals surface area contributed by atoms with Gasteiger partial charge in [0.05, 0.1) is 5.56 Å². The Morgan fingerprint density at radius 3 is 2.07 bits per heavy atom. The molecular formula is C10H13ClF3N. The Hall–Kier alpha value is -0.900. The van der Waals surface area contributed by atoms with E-state index in [1.807, 2.05) is 13.8 Å². The van der Waals surface area contributed by atoms with Crippen LogP contribution in [0.25, 0.3) is 0 Å². The van der Waals surface area contributed by atoms with Crippen LogP contribution in [0.1, 0.15) is 30.9 Å². The number of hydrogen-bond acceptors (Lipinski definition) is 1. The summed E-state index contributed by atoms with van der Waals surface area (Å²) >= 11 is 0. The van der Waals surface area contributed by atoms with E-state index in [0.29, 0.717) is 0 Å². The van der Waals surface area contributed by atoms with Crippen molar-refractivity contribution in [2.75, 3.05) is 5.73 Å². The van der Waals surface area contributed by atoms with Crippen molar-refractivity contribution in [2.24, 2.45) is 0 Å². The summed E-state index contributed by atoms with van der Waals surface area (Å²) in [6, 6.07) is 3.48. The summed E-state index contributed by atoms with van der Waals surface area (Å²) in [6.45, 7) is 3.78. The van der Waals surface area contributed by atoms with Crippen LogP contribution in [-0.2, 0) is 6.18 Å². The molecule has 0 heterocycles. The maximum Gasteiger partial charge on any atom is 0.416 e. The first-order chi connectivity index (χ1) is 6.32. The second-order valence-corrected chi connectivity index (χ2v) is 3.50. The SMILES string of the molecule is CC(C)c1ccc(C(F)(F)F)cc1N.Cl. The Balaban J connectivity index is 0.00000196. The van der Waals surface area contributed by atoms with Gasteiger partial charge in [-0.05, 0) is 23.6 Å². The highest BCUT2D eigenvalue weighted by molar-refractivity contribution is 5.85. The molecule has 15 heavy (non-hydrogen) atoms. The summed E-state index contributed by atoms with van der Waals surface area (Å²) < 4.78 is 36.7. The highest BCUT2D eigenvalue weighted by Crippen LogP contribution is 2.32. The molecule has 0 atom stereocenters. The molecule has 0 spiro atoms. The van der Waals surface area contributed by atoms with Crippen LogP contribution < -0.4 is 5.73 Å². The van der Waals surface area contributed by atoms with E-state index in [-0.39, 0.29) is 24.0 Å². The molecule has 0 fully saturated rings. The average Bonchev–Trinajstić information content (AvgIpc) is 2.01. The molecule has 5 heteroatoms. The van der Waals surface area contributed by atoms with Crippen LogP contribution in [-0.4, -0.2) is 0 Å². The number of halogens is 4. The van der Waals surface area contributed by atoms with E-state index in [1.54, 1.807) is 0 Å². The summed E-state index contributed by atoms with van der Waals surface area (Å²) in [6.07, 6.45) is -4.32. The molecule has 0 aromatic heterocycles. The fraction of sp³-hybridized carbons (Fsp3) is 0.400. The van der Waals surface area contributed by atoms with Crippen LogP contribution in [0.15, 0.2) is 18.2 Å². The number of anilines is 1. The molecule has 1 rings (SSSR count). The van der Waals surface area contributed by atoms with Gasteiger partial charge in [-0.15, -0.1) is 12.4 Å². The lowest BCUT2D eigenvalue weighted by molar-refractivity contribution is -0.137. The van der Waals surface area contributed by atoms with Crippen LogP contribution in [0, 0.1) is 0 Å². The molecular weight excluding hydrogens is 227 g/mol. The number of alkyl halides is 3. The van der Waals surface area contributed by atoms with Crippen molar-refractivity contribution < 1.29 is 13.2 Å². The van der Waals surface area contributed by atoms with Gasteiger partial charge in [0, 0.05) is 5.69 Å². The minimum absolute atomic E-state index is 0. The summed E-state index contributed by atoms with van der Waals surface area (Å²) in [5, 5.41) is 0. The van der Waals surface area contributed by atoms with E-state index in [9.17, 15) is 13.2 Å². The minimum Gasteiger partial charge on any atom is -0.398 e. The zero-order valence-electron chi connectivity index (χ0n) is 8.43. The monoisotopic (exact) mass is 239 g/mol. The number of benzene rings is 1. The van der Waals surface area contributed by atoms with Crippen molar-refractivity contribution in [3.05, 3.63) is 29.3 Å². The van der Waals surface area contributed by atoms with E-state index >= 15 is 0 Å². The van der Waals surface area contributed by atoms with Gasteiger partial charge in [0.1, 0.15) is 0 Å². The Morgan fingerprint density at radius 2 is 1.73 bits per heavy atom. The lowest BCUT2D eigenvalue weighted by atomic mass is 9.99. The maximum atomic E-state index is 12.2. The third-order valence-corrected chi connectivity index (χ3v) is 2.04. The quantitative estimate of drug-likeness (QED) is 0.741. The number of hydrogen-bond donors (Lipinski definition) is 1. The molecule has 0 radical (unpaired) electrons. The molecule has 0 bridgehead atoms. The summed E-state index contributed by atoms with van der Waals surface area (Å²) in [7, 11) is 0. The van der Waals surface area contributed by atoms with Crippen molar-refractivity contribution in [1.82, 2.24) is 0 Å². The van der Waals surface area contributed by atoms with Crippen LogP contribution >= 0.6 is 12.4 Å². The van der Waals surface area contributed by atoms with Gasteiger partial charge in [-0.3, -0.25) is 0 Å². The third kappa shape index (κ3) is 3.30. The largest absolute Gasteiger partial charge is 0.416 e. The van der Waals surface area contributed by atoms with Crippen molar-refractivity contribution >= 4 is 18.1 Å². The van der Waals surface area contributed by atoms with Gasteiger partial charge in [-0.2, -0.15) is 13.2 Å². The summed E-state index contributed by atoms with van der Waals surface area (Å²) in [4.78, 5) is 0. The standard InChI is InChI=1S/C10H12F3N.ClH/c1-6(2)8-4-3-7(5-9(8)14)10(11,12)13;/h3-6H,14H2,1-2H3;1H. The maximum absolute atomic E-state index is 12.2. The van der Waals surface area contributed by atoms with Gasteiger partial charge in [0.15, 0.2) is 0 Å². The molecule has 0 saturated heterocycles. The highest BCUT2D eigenvalue weighted by atomic mass is 35.5.